The van der Waals surface area contributed by atoms with Crippen LogP contribution < -0.4 is 5.32 Å². The summed E-state index contributed by atoms with van der Waals surface area (Å²) in [6.45, 7) is 0. The highest BCUT2D eigenvalue weighted by molar-refractivity contribution is 7.18. The van der Waals surface area contributed by atoms with E-state index in [0.717, 1.165) is 29.1 Å². The van der Waals surface area contributed by atoms with E-state index in [1.807, 2.05) is 18.2 Å². The van der Waals surface area contributed by atoms with Crippen LogP contribution in [-0.4, -0.2) is 25.7 Å². The second-order valence-electron chi connectivity index (χ2n) is 5.98. The summed E-state index contributed by atoms with van der Waals surface area (Å²) in [4.78, 5) is 20.9. The Morgan fingerprint density at radius 1 is 1.22 bits per heavy atom. The highest BCUT2D eigenvalue weighted by Gasteiger charge is 2.11. The van der Waals surface area contributed by atoms with Crippen LogP contribution in [0.3, 0.4) is 0 Å². The second-order valence-corrected chi connectivity index (χ2v) is 7.53. The monoisotopic (exact) mass is 397 g/mol. The van der Waals surface area contributed by atoms with E-state index >= 15 is 0 Å². The molecule has 1 amide bonds. The molecule has 2 aromatic carbocycles. The number of hydrogen-bond donors (Lipinski definition) is 1. The topological polar surface area (TPSA) is 72.7 Å². The van der Waals surface area contributed by atoms with Crippen molar-refractivity contribution in [1.82, 2.24) is 19.7 Å². The zero-order valence-corrected chi connectivity index (χ0v) is 15.9. The van der Waals surface area contributed by atoms with Crippen molar-refractivity contribution >= 4 is 44.7 Å². The van der Waals surface area contributed by atoms with Gasteiger partial charge in [-0.25, -0.2) is 14.6 Å². The van der Waals surface area contributed by atoms with Crippen molar-refractivity contribution in [3.8, 4) is 5.69 Å². The number of nitrogens with one attached hydrogen (secondary N) is 1. The molecule has 0 aliphatic carbocycles. The molecular formula is C19H16ClN5OS. The van der Waals surface area contributed by atoms with E-state index in [-0.39, 0.29) is 5.91 Å². The lowest BCUT2D eigenvalue weighted by atomic mass is 10.2. The number of thiazole rings is 1. The van der Waals surface area contributed by atoms with Crippen LogP contribution in [0.25, 0.3) is 15.9 Å². The standard InChI is InChI=1S/C19H16ClN5OS/c20-13-8-9-16(25-12-21-11-22-25)15(10-13)23-18(26)6-3-7-19-24-14-4-1-2-5-17(14)27-19/h1-2,4-5,8-12H,3,6-7H2,(H,23,26). The molecule has 0 bridgehead atoms. The summed E-state index contributed by atoms with van der Waals surface area (Å²) in [5, 5.41) is 8.63. The van der Waals surface area contributed by atoms with Crippen molar-refractivity contribution in [3.05, 3.63) is 65.1 Å². The number of aryl methyl sites for hydroxylation is 1. The Balaban J connectivity index is 1.39. The molecule has 2 heterocycles. The Labute approximate surface area is 164 Å². The van der Waals surface area contributed by atoms with Crippen molar-refractivity contribution in [3.63, 3.8) is 0 Å². The maximum Gasteiger partial charge on any atom is 0.224 e. The van der Waals surface area contributed by atoms with Crippen LogP contribution in [0.5, 0.6) is 0 Å². The van der Waals surface area contributed by atoms with Crippen LogP contribution in [0, 0.1) is 0 Å². The molecule has 0 saturated heterocycles. The van der Waals surface area contributed by atoms with Crippen LogP contribution in [0.1, 0.15) is 17.8 Å². The Morgan fingerprint density at radius 2 is 2.11 bits per heavy atom. The van der Waals surface area contributed by atoms with E-state index in [2.05, 4.69) is 26.4 Å². The van der Waals surface area contributed by atoms with Crippen LogP contribution in [0.4, 0.5) is 5.69 Å². The van der Waals surface area contributed by atoms with Crippen molar-refractivity contribution < 1.29 is 4.79 Å². The number of anilines is 1. The third-order valence-corrected chi connectivity index (χ3v) is 5.36. The van der Waals surface area contributed by atoms with E-state index in [1.54, 1.807) is 40.5 Å². The predicted molar refractivity (Wildman–Crippen MR) is 108 cm³/mol. The first kappa shape index (κ1) is 17.6. The van der Waals surface area contributed by atoms with Crippen molar-refractivity contribution in [2.45, 2.75) is 19.3 Å². The number of aromatic nitrogens is 4. The number of amides is 1. The summed E-state index contributed by atoms with van der Waals surface area (Å²) >= 11 is 7.76. The zero-order valence-electron chi connectivity index (χ0n) is 14.3. The SMILES string of the molecule is O=C(CCCc1nc2ccccc2s1)Nc1cc(Cl)ccc1-n1cncn1. The molecule has 0 radical (unpaired) electrons. The van der Waals surface area contributed by atoms with E-state index in [4.69, 9.17) is 11.6 Å². The number of benzene rings is 2. The molecule has 0 aliphatic rings. The quantitative estimate of drug-likeness (QED) is 0.520. The molecule has 0 saturated carbocycles. The Morgan fingerprint density at radius 3 is 2.93 bits per heavy atom. The number of fused-ring (bicyclic) bond motifs is 1. The van der Waals surface area contributed by atoms with Crippen LogP contribution in [-0.2, 0) is 11.2 Å². The van der Waals surface area contributed by atoms with Gasteiger partial charge in [0.15, 0.2) is 0 Å². The Kier molecular flexibility index (Phi) is 5.13. The van der Waals surface area contributed by atoms with Gasteiger partial charge in [-0.05, 0) is 43.2 Å². The van der Waals surface area contributed by atoms with Gasteiger partial charge in [0, 0.05) is 11.4 Å². The molecule has 27 heavy (non-hydrogen) atoms. The molecule has 0 fully saturated rings. The molecule has 0 unspecified atom stereocenters. The molecule has 0 spiro atoms. The fraction of sp³-hybridized carbons (Fsp3) is 0.158. The fourth-order valence-corrected chi connectivity index (χ4v) is 3.96. The molecule has 4 rings (SSSR count). The minimum Gasteiger partial charge on any atom is -0.324 e. The summed E-state index contributed by atoms with van der Waals surface area (Å²) in [5.74, 6) is -0.0697. The van der Waals surface area contributed by atoms with E-state index in [0.29, 0.717) is 17.1 Å². The van der Waals surface area contributed by atoms with E-state index in [1.165, 1.54) is 11.0 Å². The first-order valence-electron chi connectivity index (χ1n) is 8.48. The van der Waals surface area contributed by atoms with Crippen LogP contribution in [0.15, 0.2) is 55.1 Å². The minimum atomic E-state index is -0.0697. The molecule has 8 heteroatoms. The van der Waals surface area contributed by atoms with Gasteiger partial charge in [-0.15, -0.1) is 11.3 Å². The maximum atomic E-state index is 12.4. The molecule has 0 atom stereocenters. The molecule has 4 aromatic rings. The molecular weight excluding hydrogens is 382 g/mol. The average Bonchev–Trinajstić information content (AvgIpc) is 3.31. The molecule has 136 valence electrons. The summed E-state index contributed by atoms with van der Waals surface area (Å²) in [6, 6.07) is 13.3. The summed E-state index contributed by atoms with van der Waals surface area (Å²) < 4.78 is 2.76. The lowest BCUT2D eigenvalue weighted by Gasteiger charge is -2.11. The lowest BCUT2D eigenvalue weighted by molar-refractivity contribution is -0.116. The number of halogens is 1. The van der Waals surface area contributed by atoms with Gasteiger partial charge in [-0.3, -0.25) is 4.79 Å². The van der Waals surface area contributed by atoms with Crippen molar-refractivity contribution in [2.75, 3.05) is 5.32 Å². The molecule has 2 aromatic heterocycles. The van der Waals surface area contributed by atoms with Gasteiger partial charge in [-0.1, -0.05) is 23.7 Å². The molecule has 1 N–H and O–H groups in total. The van der Waals surface area contributed by atoms with Crippen LogP contribution in [0.2, 0.25) is 5.02 Å². The summed E-state index contributed by atoms with van der Waals surface area (Å²) in [5.41, 5.74) is 2.34. The molecule has 0 aliphatic heterocycles. The minimum absolute atomic E-state index is 0.0697. The van der Waals surface area contributed by atoms with Crippen molar-refractivity contribution in [1.29, 1.82) is 0 Å². The van der Waals surface area contributed by atoms with Gasteiger partial charge in [0.2, 0.25) is 5.91 Å². The first-order valence-corrected chi connectivity index (χ1v) is 9.67. The number of carbonyl (C=O) groups is 1. The summed E-state index contributed by atoms with van der Waals surface area (Å²) in [7, 11) is 0. The maximum absolute atomic E-state index is 12.4. The number of carbonyl (C=O) groups excluding carboxylic acids is 1. The number of nitrogens with zero attached hydrogens (tertiary/aromatic N) is 4. The van der Waals surface area contributed by atoms with Crippen molar-refractivity contribution in [2.24, 2.45) is 0 Å². The van der Waals surface area contributed by atoms with Gasteiger partial charge in [0.25, 0.3) is 0 Å². The average molecular weight is 398 g/mol. The first-order chi connectivity index (χ1) is 13.2. The van der Waals surface area contributed by atoms with Gasteiger partial charge < -0.3 is 5.32 Å². The largest absolute Gasteiger partial charge is 0.324 e. The summed E-state index contributed by atoms with van der Waals surface area (Å²) in [6.07, 6.45) is 4.92. The fourth-order valence-electron chi connectivity index (χ4n) is 2.78. The smallest absolute Gasteiger partial charge is 0.224 e. The normalized spacial score (nSPS) is 11.0. The third-order valence-electron chi connectivity index (χ3n) is 4.03. The van der Waals surface area contributed by atoms with E-state index < -0.39 is 0 Å². The van der Waals surface area contributed by atoms with Gasteiger partial charge >= 0.3 is 0 Å². The number of hydrogen-bond acceptors (Lipinski definition) is 5. The number of para-hydroxylation sites is 1. The van der Waals surface area contributed by atoms with E-state index in [9.17, 15) is 4.79 Å². The Bertz CT molecular complexity index is 1040. The second kappa shape index (κ2) is 7.85. The van der Waals surface area contributed by atoms with Crippen LogP contribution >= 0.6 is 22.9 Å². The Hall–Kier alpha value is -2.77. The predicted octanol–water partition coefficient (Wildman–Crippen LogP) is 4.49. The highest BCUT2D eigenvalue weighted by atomic mass is 35.5. The van der Waals surface area contributed by atoms with Gasteiger partial charge in [0.1, 0.15) is 12.7 Å². The zero-order chi connectivity index (χ0) is 18.6. The third kappa shape index (κ3) is 4.15. The molecule has 6 nitrogen and oxygen atoms in total. The number of rotatable bonds is 6. The lowest BCUT2D eigenvalue weighted by Crippen LogP contribution is -2.13. The van der Waals surface area contributed by atoms with Gasteiger partial charge in [-0.2, -0.15) is 5.10 Å². The highest BCUT2D eigenvalue weighted by Crippen LogP contribution is 2.25. The van der Waals surface area contributed by atoms with Gasteiger partial charge in [0.05, 0.1) is 26.6 Å².